The minimum Gasteiger partial charge on any atom is -0.348 e. The van der Waals surface area contributed by atoms with E-state index < -0.39 is 0 Å². The van der Waals surface area contributed by atoms with Gasteiger partial charge in [0.05, 0.1) is 16.4 Å². The number of hydrogen-bond donors (Lipinski definition) is 1. The molecule has 0 radical (unpaired) electrons. The van der Waals surface area contributed by atoms with Gasteiger partial charge < -0.3 is 5.32 Å². The van der Waals surface area contributed by atoms with Crippen molar-refractivity contribution in [3.05, 3.63) is 71.4 Å². The molecule has 2 aromatic carbocycles. The Morgan fingerprint density at radius 3 is 2.52 bits per heavy atom. The molecule has 0 saturated carbocycles. The van der Waals surface area contributed by atoms with Crippen LogP contribution in [0.1, 0.15) is 30.8 Å². The molecule has 4 nitrogen and oxygen atoms in total. The van der Waals surface area contributed by atoms with Crippen molar-refractivity contribution in [3.63, 3.8) is 0 Å². The normalized spacial score (nSPS) is 12.0. The van der Waals surface area contributed by atoms with E-state index in [2.05, 4.69) is 10.4 Å². The average Bonchev–Trinajstić information content (AvgIpc) is 3.08. The molecule has 1 unspecified atom stereocenters. The van der Waals surface area contributed by atoms with Gasteiger partial charge in [0.1, 0.15) is 5.69 Å². The Morgan fingerprint density at radius 1 is 1.16 bits per heavy atom. The Morgan fingerprint density at radius 2 is 1.84 bits per heavy atom. The van der Waals surface area contributed by atoms with Crippen LogP contribution < -0.4 is 5.32 Å². The molecule has 1 heterocycles. The SMILES string of the molecule is CCC(C)NC(=O)c1cc(-c2ccccc2Cl)nn1-c1ccccc1. The number of aromatic nitrogens is 2. The summed E-state index contributed by atoms with van der Waals surface area (Å²) in [6.45, 7) is 4.02. The number of hydrogen-bond acceptors (Lipinski definition) is 2. The van der Waals surface area contributed by atoms with Crippen molar-refractivity contribution >= 4 is 17.5 Å². The maximum atomic E-state index is 12.7. The summed E-state index contributed by atoms with van der Waals surface area (Å²) < 4.78 is 1.66. The zero-order chi connectivity index (χ0) is 17.8. The number of benzene rings is 2. The highest BCUT2D eigenvalue weighted by atomic mass is 35.5. The number of nitrogens with one attached hydrogen (secondary N) is 1. The first-order chi connectivity index (χ1) is 12.1. The number of para-hydroxylation sites is 1. The summed E-state index contributed by atoms with van der Waals surface area (Å²) in [5.74, 6) is -0.149. The van der Waals surface area contributed by atoms with E-state index in [4.69, 9.17) is 11.6 Å². The van der Waals surface area contributed by atoms with E-state index in [0.717, 1.165) is 17.7 Å². The smallest absolute Gasteiger partial charge is 0.270 e. The number of carbonyl (C=O) groups excluding carboxylic acids is 1. The zero-order valence-corrected chi connectivity index (χ0v) is 15.0. The van der Waals surface area contributed by atoms with Crippen LogP contribution in [0.2, 0.25) is 5.02 Å². The van der Waals surface area contributed by atoms with Crippen LogP contribution in [0.25, 0.3) is 16.9 Å². The topological polar surface area (TPSA) is 46.9 Å². The molecule has 3 rings (SSSR count). The minimum absolute atomic E-state index is 0.0930. The van der Waals surface area contributed by atoms with Crippen molar-refractivity contribution < 1.29 is 4.79 Å². The Bertz CT molecular complexity index is 874. The Hall–Kier alpha value is -2.59. The lowest BCUT2D eigenvalue weighted by atomic mass is 10.1. The van der Waals surface area contributed by atoms with Crippen LogP contribution in [0, 0.1) is 0 Å². The van der Waals surface area contributed by atoms with Gasteiger partial charge in [-0.1, -0.05) is 54.9 Å². The van der Waals surface area contributed by atoms with Crippen LogP contribution in [-0.2, 0) is 0 Å². The Balaban J connectivity index is 2.09. The molecule has 0 bridgehead atoms. The first-order valence-electron chi connectivity index (χ1n) is 8.31. The first kappa shape index (κ1) is 17.2. The summed E-state index contributed by atoms with van der Waals surface area (Å²) in [5.41, 5.74) is 2.79. The maximum Gasteiger partial charge on any atom is 0.270 e. The van der Waals surface area contributed by atoms with Crippen LogP contribution in [0.15, 0.2) is 60.7 Å². The third kappa shape index (κ3) is 3.74. The van der Waals surface area contributed by atoms with Gasteiger partial charge in [0, 0.05) is 11.6 Å². The molecule has 1 N–H and O–H groups in total. The van der Waals surface area contributed by atoms with E-state index in [9.17, 15) is 4.79 Å². The van der Waals surface area contributed by atoms with Crippen LogP contribution >= 0.6 is 11.6 Å². The molecule has 25 heavy (non-hydrogen) atoms. The standard InChI is InChI=1S/C20H20ClN3O/c1-3-14(2)22-20(25)19-13-18(16-11-7-8-12-17(16)21)23-24(19)15-9-5-4-6-10-15/h4-14H,3H2,1-2H3,(H,22,25). The molecule has 0 fully saturated rings. The molecule has 128 valence electrons. The molecule has 5 heteroatoms. The van der Waals surface area contributed by atoms with E-state index in [0.29, 0.717) is 16.4 Å². The van der Waals surface area contributed by atoms with Crippen molar-refractivity contribution in [1.82, 2.24) is 15.1 Å². The van der Waals surface area contributed by atoms with Crippen LogP contribution in [0.4, 0.5) is 0 Å². The summed E-state index contributed by atoms with van der Waals surface area (Å²) in [7, 11) is 0. The third-order valence-corrected chi connectivity index (χ3v) is 4.41. The van der Waals surface area contributed by atoms with Gasteiger partial charge in [-0.3, -0.25) is 4.79 Å². The predicted octanol–water partition coefficient (Wildman–Crippen LogP) is 4.72. The molecule has 0 saturated heterocycles. The summed E-state index contributed by atoms with van der Waals surface area (Å²) >= 11 is 6.30. The second-order valence-corrected chi connectivity index (χ2v) is 6.33. The average molecular weight is 354 g/mol. The summed E-state index contributed by atoms with van der Waals surface area (Å²) in [6.07, 6.45) is 0.864. The molecule has 1 amide bonds. The van der Waals surface area contributed by atoms with Crippen LogP contribution in [0.5, 0.6) is 0 Å². The lowest BCUT2D eigenvalue weighted by Crippen LogP contribution is -2.33. The van der Waals surface area contributed by atoms with Gasteiger partial charge in [-0.2, -0.15) is 5.10 Å². The highest BCUT2D eigenvalue weighted by molar-refractivity contribution is 6.33. The minimum atomic E-state index is -0.149. The molecule has 0 aliphatic rings. The molecular weight excluding hydrogens is 334 g/mol. The van der Waals surface area contributed by atoms with Gasteiger partial charge in [0.15, 0.2) is 0 Å². The van der Waals surface area contributed by atoms with Gasteiger partial charge in [0.2, 0.25) is 0 Å². The second-order valence-electron chi connectivity index (χ2n) is 5.92. The molecule has 0 aliphatic heterocycles. The van der Waals surface area contributed by atoms with Gasteiger partial charge in [0.25, 0.3) is 5.91 Å². The monoisotopic (exact) mass is 353 g/mol. The van der Waals surface area contributed by atoms with Gasteiger partial charge in [-0.25, -0.2) is 4.68 Å². The lowest BCUT2D eigenvalue weighted by Gasteiger charge is -2.12. The largest absolute Gasteiger partial charge is 0.348 e. The van der Waals surface area contributed by atoms with E-state index >= 15 is 0 Å². The first-order valence-corrected chi connectivity index (χ1v) is 8.69. The maximum absolute atomic E-state index is 12.7. The lowest BCUT2D eigenvalue weighted by molar-refractivity contribution is 0.0931. The molecule has 0 aliphatic carbocycles. The van der Waals surface area contributed by atoms with Crippen LogP contribution in [-0.4, -0.2) is 21.7 Å². The van der Waals surface area contributed by atoms with Crippen molar-refractivity contribution in [2.24, 2.45) is 0 Å². The zero-order valence-electron chi connectivity index (χ0n) is 14.2. The molecule has 1 atom stereocenters. The van der Waals surface area contributed by atoms with Gasteiger partial charge >= 0.3 is 0 Å². The van der Waals surface area contributed by atoms with Crippen molar-refractivity contribution in [1.29, 1.82) is 0 Å². The van der Waals surface area contributed by atoms with Crippen molar-refractivity contribution in [2.75, 3.05) is 0 Å². The number of nitrogens with zero attached hydrogens (tertiary/aromatic N) is 2. The Kier molecular flexibility index (Phi) is 5.19. The number of halogens is 1. The number of amides is 1. The fourth-order valence-corrected chi connectivity index (χ4v) is 2.74. The van der Waals surface area contributed by atoms with E-state index in [1.54, 1.807) is 10.7 Å². The van der Waals surface area contributed by atoms with E-state index in [1.165, 1.54) is 0 Å². The van der Waals surface area contributed by atoms with Gasteiger partial charge in [-0.05, 0) is 37.6 Å². The summed E-state index contributed by atoms with van der Waals surface area (Å²) in [6, 6.07) is 19.0. The summed E-state index contributed by atoms with van der Waals surface area (Å²) in [4.78, 5) is 12.7. The molecule has 0 spiro atoms. The Labute approximate surface area is 152 Å². The van der Waals surface area contributed by atoms with E-state index in [1.807, 2.05) is 68.4 Å². The second kappa shape index (κ2) is 7.53. The highest BCUT2D eigenvalue weighted by Gasteiger charge is 2.19. The van der Waals surface area contributed by atoms with Crippen LogP contribution in [0.3, 0.4) is 0 Å². The predicted molar refractivity (Wildman–Crippen MR) is 101 cm³/mol. The quantitative estimate of drug-likeness (QED) is 0.721. The van der Waals surface area contributed by atoms with Crippen molar-refractivity contribution in [3.8, 4) is 16.9 Å². The number of rotatable bonds is 5. The molecule has 1 aromatic heterocycles. The van der Waals surface area contributed by atoms with Crippen molar-refractivity contribution in [2.45, 2.75) is 26.3 Å². The van der Waals surface area contributed by atoms with Gasteiger partial charge in [-0.15, -0.1) is 0 Å². The fourth-order valence-electron chi connectivity index (χ4n) is 2.51. The molecular formula is C20H20ClN3O. The molecule has 3 aromatic rings. The summed E-state index contributed by atoms with van der Waals surface area (Å²) in [5, 5.41) is 8.25. The number of carbonyl (C=O) groups is 1. The third-order valence-electron chi connectivity index (χ3n) is 4.08. The fraction of sp³-hybridized carbons (Fsp3) is 0.200. The highest BCUT2D eigenvalue weighted by Crippen LogP contribution is 2.28. The van der Waals surface area contributed by atoms with E-state index in [-0.39, 0.29) is 11.9 Å².